The Morgan fingerprint density at radius 3 is 2.54 bits per heavy atom. The Balaban J connectivity index is 1.33. The molecule has 0 bridgehead atoms. The lowest BCUT2D eigenvalue weighted by atomic mass is 9.82. The van der Waals surface area contributed by atoms with Crippen molar-refractivity contribution in [3.8, 4) is 0 Å². The number of aliphatic hydroxyl groups excluding tert-OH is 1. The maximum atomic E-state index is 14.9. The summed E-state index contributed by atoms with van der Waals surface area (Å²) in [6, 6.07) is 23.0. The number of halogens is 1. The van der Waals surface area contributed by atoms with Crippen LogP contribution in [-0.4, -0.2) is 79.7 Å². The van der Waals surface area contributed by atoms with Crippen molar-refractivity contribution >= 4 is 53.3 Å². The normalized spacial score (nSPS) is 24.0. The molecule has 0 aromatic heterocycles. The number of aliphatic hydroxyl groups is 1. The molecule has 48 heavy (non-hydrogen) atoms. The minimum atomic E-state index is -3.00. The number of benzene rings is 3. The van der Waals surface area contributed by atoms with Crippen LogP contribution in [0.3, 0.4) is 0 Å². The first-order chi connectivity index (χ1) is 22.9. The summed E-state index contributed by atoms with van der Waals surface area (Å²) in [5.74, 6) is -0.873. The van der Waals surface area contributed by atoms with Gasteiger partial charge in [-0.2, -0.15) is 0 Å². The minimum absolute atomic E-state index is 0.00159. The molecule has 3 aromatic rings. The van der Waals surface area contributed by atoms with Gasteiger partial charge in [0.15, 0.2) is 13.9 Å². The van der Waals surface area contributed by atoms with Gasteiger partial charge in [-0.15, -0.1) is 0 Å². The van der Waals surface area contributed by atoms with E-state index in [0.717, 1.165) is 21.3 Å². The van der Waals surface area contributed by atoms with E-state index < -0.39 is 31.5 Å². The predicted molar refractivity (Wildman–Crippen MR) is 190 cm³/mol. The molecule has 2 saturated heterocycles. The van der Waals surface area contributed by atoms with Crippen LogP contribution in [0, 0.1) is 5.92 Å². The third-order valence-corrected chi connectivity index (χ3v) is 12.9. The molecule has 0 aliphatic carbocycles. The highest BCUT2D eigenvalue weighted by Crippen LogP contribution is 2.60. The third-order valence-electron chi connectivity index (χ3n) is 9.91. The molecule has 3 N–H and O–H groups in total. The highest BCUT2D eigenvalue weighted by atomic mass is 79.9. The summed E-state index contributed by atoms with van der Waals surface area (Å²) in [5, 5.41) is 12.9. The zero-order chi connectivity index (χ0) is 34.2. The molecule has 12 heteroatoms. The number of hydrogen-bond donors (Lipinski definition) is 3. The van der Waals surface area contributed by atoms with Crippen LogP contribution in [-0.2, 0) is 37.8 Å². The number of ether oxygens (including phenoxy) is 1. The first-order valence-corrected chi connectivity index (χ1v) is 20.3. The van der Waals surface area contributed by atoms with Gasteiger partial charge in [-0.3, -0.25) is 14.4 Å². The number of fused-ring (bicyclic) bond motifs is 2. The number of nitrogens with zero attached hydrogens (tertiary/aromatic N) is 3. The van der Waals surface area contributed by atoms with Crippen LogP contribution in [0.25, 0.3) is 0 Å². The second-order valence-electron chi connectivity index (χ2n) is 13.5. The summed E-state index contributed by atoms with van der Waals surface area (Å²) in [6.07, 6.45) is -0.744. The van der Waals surface area contributed by atoms with Crippen molar-refractivity contribution in [1.29, 1.82) is 0 Å². The monoisotopic (exact) mass is 734 g/mol. The molecule has 2 fully saturated rings. The number of amides is 3. The lowest BCUT2D eigenvalue weighted by Gasteiger charge is -2.32. The molecule has 10 nitrogen and oxygen atoms in total. The van der Waals surface area contributed by atoms with E-state index in [0.29, 0.717) is 30.9 Å². The summed E-state index contributed by atoms with van der Waals surface area (Å²) < 4.78 is 7.69. The van der Waals surface area contributed by atoms with Gasteiger partial charge in [0.2, 0.25) is 11.8 Å². The van der Waals surface area contributed by atoms with E-state index in [1.807, 2.05) is 92.8 Å². The zero-order valence-electron chi connectivity index (χ0n) is 27.6. The second kappa shape index (κ2) is 13.8. The molecule has 0 unspecified atom stereocenters. The standard InChI is InChI=1S/C36H43BrN4O6Si/c1-24-34(48(2,3)46)31(20-32(43)39(16-17-42)22-25-8-5-4-6-9-25)47-36(24)29-19-27(37)12-13-30(29)41(35(36)45)23-26-10-7-11-28(18-26)40-15-14-38-21-33(40)44/h4-13,18-19,24,31,34,38,42,46H,14-17,20-23H2,1-3H3/t24-,31+,34-,36+/m0/s1. The van der Waals surface area contributed by atoms with E-state index in [4.69, 9.17) is 4.74 Å². The Morgan fingerprint density at radius 1 is 1.08 bits per heavy atom. The molecule has 0 radical (unpaired) electrons. The average Bonchev–Trinajstić information content (AvgIpc) is 3.47. The van der Waals surface area contributed by atoms with Crippen LogP contribution in [0.2, 0.25) is 18.6 Å². The summed E-state index contributed by atoms with van der Waals surface area (Å²) in [6.45, 7) is 7.76. The van der Waals surface area contributed by atoms with Crippen LogP contribution in [0.4, 0.5) is 11.4 Å². The van der Waals surface area contributed by atoms with Gasteiger partial charge in [0.1, 0.15) is 0 Å². The fourth-order valence-corrected chi connectivity index (χ4v) is 10.7. The van der Waals surface area contributed by atoms with Crippen molar-refractivity contribution in [2.75, 3.05) is 42.6 Å². The number of piperazine rings is 1. The lowest BCUT2D eigenvalue weighted by molar-refractivity contribution is -0.150. The van der Waals surface area contributed by atoms with Gasteiger partial charge in [0.25, 0.3) is 5.91 Å². The predicted octanol–water partition coefficient (Wildman–Crippen LogP) is 4.14. The smallest absolute Gasteiger partial charge is 0.264 e. The molecule has 6 rings (SSSR count). The van der Waals surface area contributed by atoms with Crippen LogP contribution in [0.1, 0.15) is 30.0 Å². The van der Waals surface area contributed by atoms with Crippen molar-refractivity contribution in [3.05, 3.63) is 94.0 Å². The molecular weight excluding hydrogens is 692 g/mol. The maximum Gasteiger partial charge on any atom is 0.264 e. The molecule has 3 heterocycles. The lowest BCUT2D eigenvalue weighted by Crippen LogP contribution is -2.48. The van der Waals surface area contributed by atoms with Crippen molar-refractivity contribution in [3.63, 3.8) is 0 Å². The van der Waals surface area contributed by atoms with E-state index in [1.165, 1.54) is 0 Å². The van der Waals surface area contributed by atoms with Crippen LogP contribution < -0.4 is 15.1 Å². The summed E-state index contributed by atoms with van der Waals surface area (Å²) in [5.41, 5.74) is 2.18. The fourth-order valence-electron chi connectivity index (χ4n) is 7.81. The van der Waals surface area contributed by atoms with Gasteiger partial charge in [-0.25, -0.2) is 0 Å². The Kier molecular flexibility index (Phi) is 9.94. The topological polar surface area (TPSA) is 123 Å². The molecule has 0 saturated carbocycles. The van der Waals surface area contributed by atoms with Crippen molar-refractivity contribution in [1.82, 2.24) is 10.2 Å². The maximum absolute atomic E-state index is 14.9. The number of nitrogens with one attached hydrogen (secondary N) is 1. The van der Waals surface area contributed by atoms with Gasteiger partial charge in [0, 0.05) is 53.4 Å². The minimum Gasteiger partial charge on any atom is -0.432 e. The van der Waals surface area contributed by atoms with Crippen molar-refractivity contribution in [2.45, 2.75) is 56.8 Å². The van der Waals surface area contributed by atoms with E-state index in [2.05, 4.69) is 21.2 Å². The highest BCUT2D eigenvalue weighted by molar-refractivity contribution is 9.10. The Labute approximate surface area is 290 Å². The van der Waals surface area contributed by atoms with Crippen LogP contribution >= 0.6 is 15.9 Å². The van der Waals surface area contributed by atoms with E-state index in [1.54, 1.807) is 14.7 Å². The number of carbonyl (C=O) groups is 3. The largest absolute Gasteiger partial charge is 0.432 e. The first kappa shape index (κ1) is 34.5. The Hall–Kier alpha value is -3.39. The molecular formula is C36H43BrN4O6Si. The van der Waals surface area contributed by atoms with Gasteiger partial charge in [0.05, 0.1) is 37.9 Å². The van der Waals surface area contributed by atoms with Gasteiger partial charge < -0.3 is 34.7 Å². The molecule has 3 aliphatic heterocycles. The van der Waals surface area contributed by atoms with Crippen LogP contribution in [0.5, 0.6) is 0 Å². The zero-order valence-corrected chi connectivity index (χ0v) is 30.2. The Morgan fingerprint density at radius 2 is 1.83 bits per heavy atom. The van der Waals surface area contributed by atoms with Gasteiger partial charge in [-0.05, 0) is 54.6 Å². The van der Waals surface area contributed by atoms with Crippen molar-refractivity contribution in [2.24, 2.45) is 5.92 Å². The average molecular weight is 736 g/mol. The molecule has 4 atom stereocenters. The number of anilines is 2. The van der Waals surface area contributed by atoms with E-state index in [9.17, 15) is 24.3 Å². The molecule has 3 aliphatic rings. The summed E-state index contributed by atoms with van der Waals surface area (Å²) in [7, 11) is -3.00. The third kappa shape index (κ3) is 6.49. The number of carbonyl (C=O) groups excluding carboxylic acids is 3. The van der Waals surface area contributed by atoms with E-state index >= 15 is 0 Å². The number of hydrogen-bond acceptors (Lipinski definition) is 7. The Bertz CT molecular complexity index is 1690. The quantitative estimate of drug-likeness (QED) is 0.268. The highest BCUT2D eigenvalue weighted by Gasteiger charge is 2.66. The SMILES string of the molecule is C[C@H]1[C@H]([Si](C)(C)O)[C@@H](CC(=O)N(CCO)Cc2ccccc2)O[C@]12C(=O)N(Cc1cccc(N3CCNCC3=O)c1)c1ccc(Br)cc12. The molecule has 1 spiro atoms. The first-order valence-electron chi connectivity index (χ1n) is 16.5. The fraction of sp³-hybridized carbons (Fsp3) is 0.417. The van der Waals surface area contributed by atoms with Gasteiger partial charge >= 0.3 is 0 Å². The van der Waals surface area contributed by atoms with E-state index in [-0.39, 0.29) is 50.4 Å². The van der Waals surface area contributed by atoms with Crippen molar-refractivity contribution < 1.29 is 29.0 Å². The molecule has 3 aromatic carbocycles. The molecule has 3 amide bonds. The summed E-state index contributed by atoms with van der Waals surface area (Å²) >= 11 is 3.61. The van der Waals surface area contributed by atoms with Gasteiger partial charge in [-0.1, -0.05) is 65.3 Å². The molecule has 254 valence electrons. The second-order valence-corrected chi connectivity index (χ2v) is 18.4. The van der Waals surface area contributed by atoms with Crippen LogP contribution in [0.15, 0.2) is 77.3 Å². The summed E-state index contributed by atoms with van der Waals surface area (Å²) in [4.78, 5) is 58.1. The number of rotatable bonds is 10.